The van der Waals surface area contributed by atoms with Crippen molar-refractivity contribution in [2.24, 2.45) is 0 Å². The topological polar surface area (TPSA) is 52.6 Å². The number of unbranched alkanes of at least 4 members (excludes halogenated alkanes) is 8. The van der Waals surface area contributed by atoms with Crippen LogP contribution in [0.5, 0.6) is 0 Å². The summed E-state index contributed by atoms with van der Waals surface area (Å²) >= 11 is 0. The molecule has 0 aromatic heterocycles. The molecule has 0 radical (unpaired) electrons. The van der Waals surface area contributed by atoms with Crippen LogP contribution in [0.2, 0.25) is 0 Å². The average molecular weight is 386 g/mol. The maximum atomic E-state index is 11.5. The minimum absolute atomic E-state index is 0. The van der Waals surface area contributed by atoms with Crippen LogP contribution in [0.4, 0.5) is 0 Å². The SMILES string of the molecule is CCCCCCC=COC(=O)CCC(=O)OC=CCCCCCC.[H-].[H-].[Na+].[Na+]. The maximum Gasteiger partial charge on any atom is 1.00 e. The van der Waals surface area contributed by atoms with E-state index in [0.717, 1.165) is 25.7 Å². The standard InChI is InChI=1S/C20H34O4.2Na.2H/c1-3-5-7-9-11-13-17-23-19(21)15-16-20(22)24-18-14-12-10-8-6-4-2;;;;/h13-14,17-18H,3-12,15-16H2,1-2H3;;;;/q;2*+1;2*-1. The number of esters is 2. The fourth-order valence-corrected chi connectivity index (χ4v) is 2.08. The van der Waals surface area contributed by atoms with Crippen molar-refractivity contribution in [3.63, 3.8) is 0 Å². The van der Waals surface area contributed by atoms with Crippen molar-refractivity contribution >= 4 is 11.9 Å². The summed E-state index contributed by atoms with van der Waals surface area (Å²) in [5.74, 6) is -0.805. The number of carbonyl (C=O) groups is 2. The van der Waals surface area contributed by atoms with Crippen LogP contribution in [0, 0.1) is 0 Å². The second-order valence-electron chi connectivity index (χ2n) is 5.92. The van der Waals surface area contributed by atoms with Crippen molar-refractivity contribution in [3.8, 4) is 0 Å². The van der Waals surface area contributed by atoms with Gasteiger partial charge in [0.2, 0.25) is 0 Å². The first-order valence-corrected chi connectivity index (χ1v) is 9.39. The first kappa shape index (κ1) is 31.1. The molecule has 4 nitrogen and oxygen atoms in total. The van der Waals surface area contributed by atoms with Gasteiger partial charge in [-0.25, -0.2) is 0 Å². The summed E-state index contributed by atoms with van der Waals surface area (Å²) < 4.78 is 9.87. The molecule has 0 saturated carbocycles. The predicted molar refractivity (Wildman–Crippen MR) is 99.4 cm³/mol. The first-order chi connectivity index (χ1) is 11.7. The molecule has 0 heterocycles. The van der Waals surface area contributed by atoms with E-state index in [0.29, 0.717) is 0 Å². The van der Waals surface area contributed by atoms with Gasteiger partial charge in [-0.15, -0.1) is 0 Å². The number of ether oxygens (including phenoxy) is 2. The van der Waals surface area contributed by atoms with Crippen LogP contribution in [0.25, 0.3) is 0 Å². The Morgan fingerprint density at radius 3 is 1.42 bits per heavy atom. The Balaban J connectivity index is -0.000000441. The van der Waals surface area contributed by atoms with Gasteiger partial charge >= 0.3 is 71.1 Å². The third-order valence-corrected chi connectivity index (χ3v) is 3.57. The quantitative estimate of drug-likeness (QED) is 0.173. The molecule has 0 fully saturated rings. The van der Waals surface area contributed by atoms with Crippen LogP contribution in [0.15, 0.2) is 24.7 Å². The number of rotatable bonds is 15. The van der Waals surface area contributed by atoms with Gasteiger partial charge in [0.15, 0.2) is 0 Å². The molecular formula is C20H36Na2O4. The zero-order valence-corrected chi connectivity index (χ0v) is 21.4. The molecular weight excluding hydrogens is 350 g/mol. The second kappa shape index (κ2) is 25.4. The fraction of sp³-hybridized carbons (Fsp3) is 0.700. The van der Waals surface area contributed by atoms with Gasteiger partial charge in [-0.05, 0) is 37.8 Å². The molecule has 0 aliphatic carbocycles. The normalized spacial score (nSPS) is 10.4. The predicted octanol–water partition coefficient (Wildman–Crippen LogP) is 0.0542. The molecule has 142 valence electrons. The Hall–Kier alpha value is 0.420. The molecule has 0 atom stereocenters. The summed E-state index contributed by atoms with van der Waals surface area (Å²) in [5, 5.41) is 0. The monoisotopic (exact) mass is 386 g/mol. The van der Waals surface area contributed by atoms with Crippen molar-refractivity contribution in [1.29, 1.82) is 0 Å². The van der Waals surface area contributed by atoms with E-state index in [-0.39, 0.29) is 74.8 Å². The Labute approximate surface area is 207 Å². The van der Waals surface area contributed by atoms with Gasteiger partial charge in [0, 0.05) is 0 Å². The van der Waals surface area contributed by atoms with Gasteiger partial charge in [-0.3, -0.25) is 9.59 Å². The van der Waals surface area contributed by atoms with Gasteiger partial charge in [0.05, 0.1) is 25.4 Å². The molecule has 0 saturated heterocycles. The van der Waals surface area contributed by atoms with E-state index in [4.69, 9.17) is 9.47 Å². The van der Waals surface area contributed by atoms with Crippen LogP contribution in [0.3, 0.4) is 0 Å². The van der Waals surface area contributed by atoms with E-state index in [1.165, 1.54) is 51.0 Å². The smallest absolute Gasteiger partial charge is 1.00 e. The van der Waals surface area contributed by atoms with Gasteiger partial charge in [0.25, 0.3) is 0 Å². The molecule has 0 aromatic carbocycles. The van der Waals surface area contributed by atoms with Crippen molar-refractivity contribution in [2.45, 2.75) is 90.9 Å². The molecule has 0 rings (SSSR count). The van der Waals surface area contributed by atoms with Crippen LogP contribution in [-0.2, 0) is 19.1 Å². The molecule has 0 aliphatic heterocycles. The van der Waals surface area contributed by atoms with Crippen LogP contribution in [-0.4, -0.2) is 11.9 Å². The average Bonchev–Trinajstić information content (AvgIpc) is 2.58. The Bertz CT molecular complexity index is 356. The molecule has 0 aliphatic rings. The Morgan fingerprint density at radius 1 is 0.692 bits per heavy atom. The van der Waals surface area contributed by atoms with E-state index in [2.05, 4.69) is 13.8 Å². The molecule has 0 bridgehead atoms. The molecule has 0 spiro atoms. The number of carbonyl (C=O) groups excluding carboxylic acids is 2. The largest absolute Gasteiger partial charge is 1.00 e. The Kier molecular flexibility index (Phi) is 30.4. The second-order valence-corrected chi connectivity index (χ2v) is 5.92. The van der Waals surface area contributed by atoms with Gasteiger partial charge in [0.1, 0.15) is 0 Å². The minimum Gasteiger partial charge on any atom is -1.00 e. The van der Waals surface area contributed by atoms with Crippen molar-refractivity contribution in [2.75, 3.05) is 0 Å². The first-order valence-electron chi connectivity index (χ1n) is 9.39. The molecule has 26 heavy (non-hydrogen) atoms. The van der Waals surface area contributed by atoms with E-state index in [1.54, 1.807) is 0 Å². The maximum absolute atomic E-state index is 11.5. The van der Waals surface area contributed by atoms with Gasteiger partial charge in [-0.1, -0.05) is 52.4 Å². The minimum atomic E-state index is -0.402. The van der Waals surface area contributed by atoms with Crippen molar-refractivity contribution in [1.82, 2.24) is 0 Å². The molecule has 0 aromatic rings. The summed E-state index contributed by atoms with van der Waals surface area (Å²) in [6.45, 7) is 4.35. The molecule has 0 unspecified atom stereocenters. The molecule has 0 N–H and O–H groups in total. The summed E-state index contributed by atoms with van der Waals surface area (Å²) in [6.07, 6.45) is 18.0. The summed E-state index contributed by atoms with van der Waals surface area (Å²) in [4.78, 5) is 22.9. The van der Waals surface area contributed by atoms with Crippen LogP contribution in [0.1, 0.15) is 93.8 Å². The van der Waals surface area contributed by atoms with Crippen molar-refractivity contribution < 1.29 is 81.0 Å². The molecule has 0 amide bonds. The summed E-state index contributed by atoms with van der Waals surface area (Å²) in [5.41, 5.74) is 0. The number of hydrogen-bond donors (Lipinski definition) is 0. The van der Waals surface area contributed by atoms with Crippen LogP contribution >= 0.6 is 0 Å². The third kappa shape index (κ3) is 24.4. The fourth-order valence-electron chi connectivity index (χ4n) is 2.08. The van der Waals surface area contributed by atoms with E-state index in [1.807, 2.05) is 12.2 Å². The van der Waals surface area contributed by atoms with E-state index in [9.17, 15) is 9.59 Å². The van der Waals surface area contributed by atoms with E-state index < -0.39 is 11.9 Å². The summed E-state index contributed by atoms with van der Waals surface area (Å²) in [7, 11) is 0. The zero-order valence-electron chi connectivity index (χ0n) is 19.4. The number of hydrogen-bond acceptors (Lipinski definition) is 4. The number of allylic oxidation sites excluding steroid dienone is 2. The van der Waals surface area contributed by atoms with Gasteiger partial charge in [-0.2, -0.15) is 0 Å². The van der Waals surface area contributed by atoms with Gasteiger partial charge < -0.3 is 12.3 Å². The Morgan fingerprint density at radius 2 is 1.08 bits per heavy atom. The zero-order chi connectivity index (χ0) is 17.9. The van der Waals surface area contributed by atoms with Crippen LogP contribution < -0.4 is 59.1 Å². The van der Waals surface area contributed by atoms with E-state index >= 15 is 0 Å². The third-order valence-electron chi connectivity index (χ3n) is 3.57. The van der Waals surface area contributed by atoms with Crippen molar-refractivity contribution in [3.05, 3.63) is 24.7 Å². The molecule has 6 heteroatoms. The summed E-state index contributed by atoms with van der Waals surface area (Å²) in [6, 6.07) is 0.